The lowest BCUT2D eigenvalue weighted by molar-refractivity contribution is -0.120. The van der Waals surface area contributed by atoms with E-state index in [9.17, 15) is 13.2 Å². The predicted molar refractivity (Wildman–Crippen MR) is 125 cm³/mol. The van der Waals surface area contributed by atoms with E-state index in [-0.39, 0.29) is 18.9 Å². The number of nitrogens with zero attached hydrogens (tertiary/aromatic N) is 4. The van der Waals surface area contributed by atoms with Crippen molar-refractivity contribution < 1.29 is 13.2 Å². The summed E-state index contributed by atoms with van der Waals surface area (Å²) in [4.78, 5) is 17.0. The van der Waals surface area contributed by atoms with Gasteiger partial charge in [-0.3, -0.25) is 9.69 Å². The Bertz CT molecular complexity index is 1100. The molecule has 1 aliphatic heterocycles. The minimum atomic E-state index is -3.57. The molecule has 0 saturated carbocycles. The molecule has 0 aromatic heterocycles. The third-order valence-corrected chi connectivity index (χ3v) is 7.79. The third-order valence-electron chi connectivity index (χ3n) is 5.75. The standard InChI is InChI=1S/C24H30N4O3S/c1-19-6-9-22(10-7-19)28(12-4-11-25)24(29)18-26-13-15-27(16-14-26)32(30,31)23-17-20(2)5-8-21(23)3/h5-10,17H,4,12-16,18H2,1-3H3. The Kier molecular flexibility index (Phi) is 7.67. The molecule has 170 valence electrons. The van der Waals surface area contributed by atoms with Crippen LogP contribution >= 0.6 is 0 Å². The average molecular weight is 455 g/mol. The number of sulfonamides is 1. The summed E-state index contributed by atoms with van der Waals surface area (Å²) in [6.45, 7) is 7.84. The van der Waals surface area contributed by atoms with Crippen LogP contribution in [0.1, 0.15) is 23.1 Å². The number of benzene rings is 2. The first-order valence-corrected chi connectivity index (χ1v) is 12.2. The maximum absolute atomic E-state index is 13.1. The fourth-order valence-corrected chi connectivity index (χ4v) is 5.55. The van der Waals surface area contributed by atoms with Crippen molar-refractivity contribution in [3.05, 3.63) is 59.2 Å². The van der Waals surface area contributed by atoms with Crippen molar-refractivity contribution in [2.24, 2.45) is 0 Å². The van der Waals surface area contributed by atoms with Gasteiger partial charge in [-0.15, -0.1) is 0 Å². The number of carbonyl (C=O) groups is 1. The first-order chi connectivity index (χ1) is 15.2. The van der Waals surface area contributed by atoms with Gasteiger partial charge in [-0.2, -0.15) is 9.57 Å². The fourth-order valence-electron chi connectivity index (χ4n) is 3.81. The SMILES string of the molecule is Cc1ccc(N(CCC#N)C(=O)CN2CCN(S(=O)(=O)c3cc(C)ccc3C)CC2)cc1. The molecule has 0 unspecified atom stereocenters. The summed E-state index contributed by atoms with van der Waals surface area (Å²) in [7, 11) is -3.57. The number of anilines is 1. The first-order valence-electron chi connectivity index (χ1n) is 10.8. The summed E-state index contributed by atoms with van der Waals surface area (Å²) >= 11 is 0. The number of rotatable bonds is 7. The van der Waals surface area contributed by atoms with Gasteiger partial charge in [0.25, 0.3) is 0 Å². The van der Waals surface area contributed by atoms with E-state index in [1.165, 1.54) is 4.31 Å². The normalized spacial score (nSPS) is 15.3. The van der Waals surface area contributed by atoms with Crippen LogP contribution < -0.4 is 4.90 Å². The Balaban J connectivity index is 1.65. The van der Waals surface area contributed by atoms with Crippen LogP contribution in [0.4, 0.5) is 5.69 Å². The highest BCUT2D eigenvalue weighted by atomic mass is 32.2. The van der Waals surface area contributed by atoms with Crippen LogP contribution in [0.5, 0.6) is 0 Å². The molecule has 0 bridgehead atoms. The van der Waals surface area contributed by atoms with E-state index in [0.29, 0.717) is 37.6 Å². The first kappa shape index (κ1) is 23.9. The monoisotopic (exact) mass is 454 g/mol. The van der Waals surface area contributed by atoms with Gasteiger partial charge in [-0.1, -0.05) is 29.8 Å². The molecule has 1 heterocycles. The molecule has 0 radical (unpaired) electrons. The lowest BCUT2D eigenvalue weighted by Gasteiger charge is -2.35. The van der Waals surface area contributed by atoms with Crippen molar-refractivity contribution in [2.45, 2.75) is 32.1 Å². The number of nitriles is 1. The van der Waals surface area contributed by atoms with Crippen LogP contribution in [-0.2, 0) is 14.8 Å². The molecule has 3 rings (SSSR count). The largest absolute Gasteiger partial charge is 0.310 e. The second-order valence-corrected chi connectivity index (χ2v) is 10.1. The van der Waals surface area contributed by atoms with E-state index in [1.807, 2.05) is 62.1 Å². The molecule has 1 aliphatic rings. The molecule has 0 atom stereocenters. The fraction of sp³-hybridized carbons (Fsp3) is 0.417. The highest BCUT2D eigenvalue weighted by Gasteiger charge is 2.31. The smallest absolute Gasteiger partial charge is 0.243 e. The predicted octanol–water partition coefficient (Wildman–Crippen LogP) is 2.87. The van der Waals surface area contributed by atoms with Gasteiger partial charge >= 0.3 is 0 Å². The Morgan fingerprint density at radius 3 is 2.25 bits per heavy atom. The van der Waals surface area contributed by atoms with Crippen molar-refractivity contribution in [2.75, 3.05) is 44.2 Å². The van der Waals surface area contributed by atoms with Gasteiger partial charge in [0, 0.05) is 38.4 Å². The molecule has 1 saturated heterocycles. The van der Waals surface area contributed by atoms with E-state index < -0.39 is 10.0 Å². The van der Waals surface area contributed by atoms with Crippen molar-refractivity contribution in [1.82, 2.24) is 9.21 Å². The van der Waals surface area contributed by atoms with E-state index in [0.717, 1.165) is 22.4 Å². The van der Waals surface area contributed by atoms with Crippen molar-refractivity contribution in [1.29, 1.82) is 5.26 Å². The van der Waals surface area contributed by atoms with Crippen molar-refractivity contribution in [3.8, 4) is 6.07 Å². The quantitative estimate of drug-likeness (QED) is 0.642. The minimum Gasteiger partial charge on any atom is -0.310 e. The molecule has 0 aliphatic carbocycles. The Hall–Kier alpha value is -2.73. The summed E-state index contributed by atoms with van der Waals surface area (Å²) < 4.78 is 27.8. The average Bonchev–Trinajstić information content (AvgIpc) is 2.77. The minimum absolute atomic E-state index is 0.0880. The van der Waals surface area contributed by atoms with E-state index >= 15 is 0 Å². The van der Waals surface area contributed by atoms with E-state index in [4.69, 9.17) is 5.26 Å². The molecule has 0 N–H and O–H groups in total. The molecule has 7 nitrogen and oxygen atoms in total. The van der Waals surface area contributed by atoms with Crippen molar-refractivity contribution >= 4 is 21.6 Å². The molecule has 8 heteroatoms. The zero-order valence-electron chi connectivity index (χ0n) is 18.9. The van der Waals surface area contributed by atoms with Crippen LogP contribution in [0, 0.1) is 32.1 Å². The highest BCUT2D eigenvalue weighted by Crippen LogP contribution is 2.23. The van der Waals surface area contributed by atoms with Crippen LogP contribution in [0.2, 0.25) is 0 Å². The summed E-state index contributed by atoms with van der Waals surface area (Å²) in [6, 6.07) is 15.2. The maximum Gasteiger partial charge on any atom is 0.243 e. The Morgan fingerprint density at radius 2 is 1.62 bits per heavy atom. The van der Waals surface area contributed by atoms with Crippen LogP contribution in [0.3, 0.4) is 0 Å². The second kappa shape index (κ2) is 10.3. The molecular weight excluding hydrogens is 424 g/mol. The van der Waals surface area contributed by atoms with Gasteiger partial charge < -0.3 is 4.90 Å². The number of carbonyl (C=O) groups excluding carboxylic acids is 1. The summed E-state index contributed by atoms with van der Waals surface area (Å²) in [5.74, 6) is -0.0880. The number of amides is 1. The summed E-state index contributed by atoms with van der Waals surface area (Å²) in [6.07, 6.45) is 0.251. The van der Waals surface area contributed by atoms with Crippen molar-refractivity contribution in [3.63, 3.8) is 0 Å². The van der Waals surface area contributed by atoms with Crippen LogP contribution in [-0.4, -0.2) is 62.8 Å². The number of hydrogen-bond donors (Lipinski definition) is 0. The van der Waals surface area contributed by atoms with Crippen LogP contribution in [0.15, 0.2) is 47.4 Å². The lowest BCUT2D eigenvalue weighted by atomic mass is 10.2. The Morgan fingerprint density at radius 1 is 1.00 bits per heavy atom. The third kappa shape index (κ3) is 5.54. The van der Waals surface area contributed by atoms with Gasteiger partial charge in [-0.25, -0.2) is 8.42 Å². The number of hydrogen-bond acceptors (Lipinski definition) is 5. The molecule has 2 aromatic carbocycles. The zero-order valence-corrected chi connectivity index (χ0v) is 19.7. The van der Waals surface area contributed by atoms with Crippen LogP contribution in [0.25, 0.3) is 0 Å². The zero-order chi connectivity index (χ0) is 23.3. The summed E-state index contributed by atoms with van der Waals surface area (Å²) in [5, 5.41) is 8.98. The summed E-state index contributed by atoms with van der Waals surface area (Å²) in [5.41, 5.74) is 3.51. The topological polar surface area (TPSA) is 84.7 Å². The molecular formula is C24H30N4O3S. The van der Waals surface area contributed by atoms with Gasteiger partial charge in [0.1, 0.15) is 0 Å². The van der Waals surface area contributed by atoms with E-state index in [1.54, 1.807) is 11.0 Å². The number of piperazine rings is 1. The van der Waals surface area contributed by atoms with E-state index in [2.05, 4.69) is 6.07 Å². The molecule has 1 amide bonds. The lowest BCUT2D eigenvalue weighted by Crippen LogP contribution is -2.51. The molecule has 2 aromatic rings. The van der Waals surface area contributed by atoms with Gasteiger partial charge in [0.2, 0.25) is 15.9 Å². The Labute approximate surface area is 190 Å². The number of aryl methyl sites for hydroxylation is 3. The van der Waals surface area contributed by atoms with Gasteiger partial charge in [0.05, 0.1) is 23.9 Å². The van der Waals surface area contributed by atoms with Gasteiger partial charge in [-0.05, 0) is 50.1 Å². The highest BCUT2D eigenvalue weighted by molar-refractivity contribution is 7.89. The second-order valence-electron chi connectivity index (χ2n) is 8.24. The van der Waals surface area contributed by atoms with Gasteiger partial charge in [0.15, 0.2) is 0 Å². The maximum atomic E-state index is 13.1. The molecule has 1 fully saturated rings. The molecule has 0 spiro atoms. The molecule has 32 heavy (non-hydrogen) atoms.